The van der Waals surface area contributed by atoms with Crippen LogP contribution in [0.4, 0.5) is 5.69 Å². The summed E-state index contributed by atoms with van der Waals surface area (Å²) in [6.07, 6.45) is 0.0532. The van der Waals surface area contributed by atoms with Crippen molar-refractivity contribution in [1.29, 1.82) is 0 Å². The van der Waals surface area contributed by atoms with Crippen LogP contribution in [0.1, 0.15) is 22.2 Å². The third-order valence-electron chi connectivity index (χ3n) is 4.27. The van der Waals surface area contributed by atoms with Crippen molar-refractivity contribution in [2.75, 3.05) is 25.0 Å². The van der Waals surface area contributed by atoms with Gasteiger partial charge in [-0.05, 0) is 17.7 Å². The molecule has 6 nitrogen and oxygen atoms in total. The lowest BCUT2D eigenvalue weighted by Crippen LogP contribution is -2.33. The number of ether oxygens (including phenoxy) is 1. The molecule has 0 spiro atoms. The number of rotatable bonds is 4. The molecule has 132 valence electrons. The number of hydrogen-bond acceptors (Lipinski definition) is 5. The zero-order valence-electron chi connectivity index (χ0n) is 14.1. The monoisotopic (exact) mass is 349 g/mol. The molecule has 1 fully saturated rings. The van der Waals surface area contributed by atoms with Gasteiger partial charge in [0.15, 0.2) is 11.5 Å². The second-order valence-electron chi connectivity index (χ2n) is 6.08. The van der Waals surface area contributed by atoms with Gasteiger partial charge in [-0.3, -0.25) is 4.79 Å². The average Bonchev–Trinajstić information content (AvgIpc) is 3.20. The van der Waals surface area contributed by atoms with Crippen LogP contribution in [0.3, 0.4) is 0 Å². The van der Waals surface area contributed by atoms with Crippen LogP contribution < -0.4 is 10.6 Å². The minimum absolute atomic E-state index is 0.0532. The Labute approximate surface area is 151 Å². The van der Waals surface area contributed by atoms with Crippen LogP contribution >= 0.6 is 0 Å². The first-order valence-corrected chi connectivity index (χ1v) is 8.55. The van der Waals surface area contributed by atoms with E-state index < -0.39 is 0 Å². The first-order valence-electron chi connectivity index (χ1n) is 8.55. The Balaban J connectivity index is 1.42. The Hall–Kier alpha value is -2.96. The van der Waals surface area contributed by atoms with Gasteiger partial charge in [-0.1, -0.05) is 47.6 Å². The van der Waals surface area contributed by atoms with Crippen LogP contribution in [0, 0.1) is 0 Å². The molecule has 1 aliphatic heterocycles. The first kappa shape index (κ1) is 16.5. The molecule has 0 aliphatic carbocycles. The van der Waals surface area contributed by atoms with Crippen molar-refractivity contribution in [2.45, 2.75) is 6.10 Å². The van der Waals surface area contributed by atoms with Crippen molar-refractivity contribution in [3.05, 3.63) is 71.9 Å². The molecule has 2 heterocycles. The molecular formula is C20H19N3O3. The lowest BCUT2D eigenvalue weighted by Gasteiger charge is -2.24. The summed E-state index contributed by atoms with van der Waals surface area (Å²) in [5, 5.41) is 10.0. The maximum atomic E-state index is 12.4. The van der Waals surface area contributed by atoms with Gasteiger partial charge in [0.25, 0.3) is 5.91 Å². The van der Waals surface area contributed by atoms with Crippen LogP contribution in [0.15, 0.2) is 65.2 Å². The van der Waals surface area contributed by atoms with Crippen LogP contribution in [0.5, 0.6) is 0 Å². The van der Waals surface area contributed by atoms with Crippen molar-refractivity contribution in [3.63, 3.8) is 0 Å². The van der Waals surface area contributed by atoms with Gasteiger partial charge < -0.3 is 19.9 Å². The fourth-order valence-corrected chi connectivity index (χ4v) is 2.88. The van der Waals surface area contributed by atoms with Gasteiger partial charge in [0.05, 0.1) is 12.7 Å². The van der Waals surface area contributed by atoms with E-state index in [-0.39, 0.29) is 17.7 Å². The van der Waals surface area contributed by atoms with Crippen molar-refractivity contribution in [3.8, 4) is 11.3 Å². The summed E-state index contributed by atoms with van der Waals surface area (Å²) in [6, 6.07) is 18.8. The molecule has 1 aliphatic rings. The predicted molar refractivity (Wildman–Crippen MR) is 97.9 cm³/mol. The molecule has 1 atom stereocenters. The highest BCUT2D eigenvalue weighted by atomic mass is 16.5. The van der Waals surface area contributed by atoms with Gasteiger partial charge in [0.2, 0.25) is 0 Å². The van der Waals surface area contributed by atoms with E-state index in [4.69, 9.17) is 9.26 Å². The maximum Gasteiger partial charge on any atom is 0.277 e. The van der Waals surface area contributed by atoms with Gasteiger partial charge in [0.1, 0.15) is 0 Å². The number of carbonyl (C=O) groups is 1. The molecule has 1 amide bonds. The molecule has 26 heavy (non-hydrogen) atoms. The summed E-state index contributed by atoms with van der Waals surface area (Å²) in [5.41, 5.74) is 2.91. The number of carbonyl (C=O) groups excluding carboxylic acids is 1. The van der Waals surface area contributed by atoms with E-state index >= 15 is 0 Å². The summed E-state index contributed by atoms with van der Waals surface area (Å²) in [4.78, 5) is 12.4. The number of hydrogen-bond donors (Lipinski definition) is 2. The van der Waals surface area contributed by atoms with Crippen molar-refractivity contribution >= 4 is 11.6 Å². The fraction of sp³-hybridized carbons (Fsp3) is 0.200. The highest BCUT2D eigenvalue weighted by Gasteiger charge is 2.16. The molecule has 6 heteroatoms. The number of amides is 1. The molecule has 2 N–H and O–H groups in total. The summed E-state index contributed by atoms with van der Waals surface area (Å²) < 4.78 is 11.0. The van der Waals surface area contributed by atoms with Crippen molar-refractivity contribution in [2.24, 2.45) is 0 Å². The largest absolute Gasteiger partial charge is 0.371 e. The topological polar surface area (TPSA) is 76.4 Å². The number of morpholine rings is 1. The normalized spacial score (nSPS) is 17.0. The van der Waals surface area contributed by atoms with Gasteiger partial charge in [-0.2, -0.15) is 0 Å². The highest BCUT2D eigenvalue weighted by molar-refractivity contribution is 6.03. The van der Waals surface area contributed by atoms with Gasteiger partial charge in [-0.15, -0.1) is 0 Å². The fourth-order valence-electron chi connectivity index (χ4n) is 2.88. The quantitative estimate of drug-likeness (QED) is 0.756. The third kappa shape index (κ3) is 3.66. The van der Waals surface area contributed by atoms with E-state index in [1.807, 2.05) is 54.6 Å². The van der Waals surface area contributed by atoms with E-state index in [1.165, 1.54) is 0 Å². The molecule has 0 saturated carbocycles. The highest BCUT2D eigenvalue weighted by Crippen LogP contribution is 2.22. The Morgan fingerprint density at radius 3 is 2.65 bits per heavy atom. The number of anilines is 1. The molecule has 2 aromatic carbocycles. The molecule has 1 aromatic heterocycles. The zero-order chi connectivity index (χ0) is 17.8. The zero-order valence-corrected chi connectivity index (χ0v) is 14.1. The minimum atomic E-state index is -0.306. The van der Waals surface area contributed by atoms with E-state index in [9.17, 15) is 4.79 Å². The van der Waals surface area contributed by atoms with Gasteiger partial charge >= 0.3 is 0 Å². The lowest BCUT2D eigenvalue weighted by molar-refractivity contribution is 0.0277. The molecule has 1 saturated heterocycles. The summed E-state index contributed by atoms with van der Waals surface area (Å²) in [6.45, 7) is 2.39. The Bertz CT molecular complexity index is 869. The van der Waals surface area contributed by atoms with E-state index in [0.717, 1.165) is 24.2 Å². The van der Waals surface area contributed by atoms with Gasteiger partial charge in [-0.25, -0.2) is 0 Å². The molecule has 4 rings (SSSR count). The van der Waals surface area contributed by atoms with E-state index in [1.54, 1.807) is 6.07 Å². The van der Waals surface area contributed by atoms with Crippen LogP contribution in [-0.2, 0) is 4.74 Å². The third-order valence-corrected chi connectivity index (χ3v) is 4.27. The minimum Gasteiger partial charge on any atom is -0.371 e. The molecule has 0 radical (unpaired) electrons. The SMILES string of the molecule is O=C(Nc1ccc(C2CNCCO2)cc1)c1cc(-c2ccccc2)on1. The number of nitrogens with zero attached hydrogens (tertiary/aromatic N) is 1. The molecule has 3 aromatic rings. The van der Waals surface area contributed by atoms with E-state index in [2.05, 4.69) is 15.8 Å². The van der Waals surface area contributed by atoms with Crippen LogP contribution in [0.25, 0.3) is 11.3 Å². The molecule has 1 unspecified atom stereocenters. The number of aromatic nitrogens is 1. The van der Waals surface area contributed by atoms with Crippen LogP contribution in [0.2, 0.25) is 0 Å². The smallest absolute Gasteiger partial charge is 0.277 e. The second-order valence-corrected chi connectivity index (χ2v) is 6.08. The Morgan fingerprint density at radius 1 is 1.12 bits per heavy atom. The first-order chi connectivity index (χ1) is 12.8. The van der Waals surface area contributed by atoms with Crippen LogP contribution in [-0.4, -0.2) is 30.8 Å². The second kappa shape index (κ2) is 7.51. The lowest BCUT2D eigenvalue weighted by atomic mass is 10.1. The summed E-state index contributed by atoms with van der Waals surface area (Å²) in [7, 11) is 0. The Morgan fingerprint density at radius 2 is 1.92 bits per heavy atom. The number of nitrogens with one attached hydrogen (secondary N) is 2. The average molecular weight is 349 g/mol. The molecule has 0 bridgehead atoms. The molecular weight excluding hydrogens is 330 g/mol. The van der Waals surface area contributed by atoms with Gasteiger partial charge in [0, 0.05) is 30.4 Å². The number of benzene rings is 2. The summed E-state index contributed by atoms with van der Waals surface area (Å²) >= 11 is 0. The van der Waals surface area contributed by atoms with E-state index in [0.29, 0.717) is 18.1 Å². The Kier molecular flexibility index (Phi) is 4.77. The summed E-state index contributed by atoms with van der Waals surface area (Å²) in [5.74, 6) is 0.257. The predicted octanol–water partition coefficient (Wildman–Crippen LogP) is 3.25. The van der Waals surface area contributed by atoms with Crippen molar-refractivity contribution in [1.82, 2.24) is 10.5 Å². The van der Waals surface area contributed by atoms with Crippen molar-refractivity contribution < 1.29 is 14.1 Å². The standard InChI is InChI=1S/C20H19N3O3/c24-20(17-12-18(26-23-17)14-4-2-1-3-5-14)22-16-8-6-15(7-9-16)19-13-21-10-11-25-19/h1-9,12,19,21H,10-11,13H2,(H,22,24). The maximum absolute atomic E-state index is 12.4.